The number of morpholine rings is 1. The SMILES string of the molecule is CCc1ccc(C(=O)N2CCC(C(=O)NCCCOC)CC2)cc1S(=O)(=O)N1CCOCC1. The number of ether oxygens (including phenoxy) is 2. The molecular weight excluding hydrogens is 446 g/mol. The molecule has 0 saturated carbocycles. The molecule has 2 aliphatic rings. The minimum Gasteiger partial charge on any atom is -0.385 e. The average Bonchev–Trinajstić information content (AvgIpc) is 2.86. The van der Waals surface area contributed by atoms with E-state index in [0.29, 0.717) is 82.9 Å². The van der Waals surface area contributed by atoms with Crippen LogP contribution in [0.5, 0.6) is 0 Å². The lowest BCUT2D eigenvalue weighted by Crippen LogP contribution is -2.43. The summed E-state index contributed by atoms with van der Waals surface area (Å²) in [5, 5.41) is 2.93. The highest BCUT2D eigenvalue weighted by atomic mass is 32.2. The van der Waals surface area contributed by atoms with E-state index in [1.165, 1.54) is 10.4 Å². The fourth-order valence-corrected chi connectivity index (χ4v) is 5.97. The number of nitrogens with zero attached hydrogens (tertiary/aromatic N) is 2. The zero-order valence-electron chi connectivity index (χ0n) is 19.5. The van der Waals surface area contributed by atoms with E-state index >= 15 is 0 Å². The van der Waals surface area contributed by atoms with E-state index in [2.05, 4.69) is 5.32 Å². The zero-order chi connectivity index (χ0) is 23.8. The highest BCUT2D eigenvalue weighted by Crippen LogP contribution is 2.25. The van der Waals surface area contributed by atoms with Crippen LogP contribution in [0, 0.1) is 5.92 Å². The number of aryl methyl sites for hydroxylation is 1. The van der Waals surface area contributed by atoms with Crippen LogP contribution in [0.25, 0.3) is 0 Å². The molecule has 0 atom stereocenters. The topological polar surface area (TPSA) is 105 Å². The van der Waals surface area contributed by atoms with Gasteiger partial charge in [0.25, 0.3) is 5.91 Å². The monoisotopic (exact) mass is 481 g/mol. The number of likely N-dealkylation sites (tertiary alicyclic amines) is 1. The van der Waals surface area contributed by atoms with Crippen molar-refractivity contribution in [2.45, 2.75) is 37.5 Å². The quantitative estimate of drug-likeness (QED) is 0.533. The number of amides is 2. The third kappa shape index (κ3) is 6.32. The predicted octanol–water partition coefficient (Wildman–Crippen LogP) is 1.27. The number of rotatable bonds is 9. The van der Waals surface area contributed by atoms with Crippen molar-refractivity contribution in [3.8, 4) is 0 Å². The van der Waals surface area contributed by atoms with Crippen LogP contribution in [-0.4, -0.2) is 89.1 Å². The van der Waals surface area contributed by atoms with Gasteiger partial charge in [0.2, 0.25) is 15.9 Å². The Morgan fingerprint density at radius 1 is 1.15 bits per heavy atom. The summed E-state index contributed by atoms with van der Waals surface area (Å²) in [6, 6.07) is 4.95. The molecule has 2 aliphatic heterocycles. The van der Waals surface area contributed by atoms with Crippen molar-refractivity contribution < 1.29 is 27.5 Å². The molecular formula is C23H35N3O6S. The Morgan fingerprint density at radius 2 is 1.85 bits per heavy atom. The van der Waals surface area contributed by atoms with Crippen LogP contribution in [0.15, 0.2) is 23.1 Å². The molecule has 3 rings (SSSR count). The van der Waals surface area contributed by atoms with Gasteiger partial charge >= 0.3 is 0 Å². The minimum atomic E-state index is -3.70. The molecule has 0 aromatic heterocycles. The van der Waals surface area contributed by atoms with Crippen LogP contribution < -0.4 is 5.32 Å². The Hall–Kier alpha value is -2.01. The van der Waals surface area contributed by atoms with E-state index in [1.54, 1.807) is 24.1 Å². The number of benzene rings is 1. The summed E-state index contributed by atoms with van der Waals surface area (Å²) in [5.74, 6) is -0.296. The molecule has 1 aromatic rings. The fraction of sp³-hybridized carbons (Fsp3) is 0.652. The van der Waals surface area contributed by atoms with E-state index in [4.69, 9.17) is 9.47 Å². The first-order valence-electron chi connectivity index (χ1n) is 11.6. The van der Waals surface area contributed by atoms with E-state index in [9.17, 15) is 18.0 Å². The first-order chi connectivity index (χ1) is 15.9. The van der Waals surface area contributed by atoms with Crippen molar-refractivity contribution in [2.24, 2.45) is 5.92 Å². The lowest BCUT2D eigenvalue weighted by molar-refractivity contribution is -0.126. The average molecular weight is 482 g/mol. The van der Waals surface area contributed by atoms with Gasteiger partial charge < -0.3 is 19.7 Å². The highest BCUT2D eigenvalue weighted by molar-refractivity contribution is 7.89. The standard InChI is InChI=1S/C23H35N3O6S/c1-3-18-5-6-20(17-21(18)33(29,30)26-12-15-32-16-13-26)23(28)25-10-7-19(8-11-25)22(27)24-9-4-14-31-2/h5-6,17,19H,3-4,7-16H2,1-2H3,(H,24,27). The molecule has 1 aromatic carbocycles. The summed E-state index contributed by atoms with van der Waals surface area (Å²) in [6.07, 6.45) is 2.50. The Morgan fingerprint density at radius 3 is 2.48 bits per heavy atom. The Bertz CT molecular complexity index is 922. The molecule has 2 heterocycles. The first kappa shape index (κ1) is 25.6. The Labute approximate surface area is 196 Å². The molecule has 10 heteroatoms. The summed E-state index contributed by atoms with van der Waals surface area (Å²) < 4.78 is 38.2. The Balaban J connectivity index is 1.66. The number of carbonyl (C=O) groups excluding carboxylic acids is 2. The molecule has 0 aliphatic carbocycles. The molecule has 0 radical (unpaired) electrons. The van der Waals surface area contributed by atoms with Crippen LogP contribution >= 0.6 is 0 Å². The lowest BCUT2D eigenvalue weighted by Gasteiger charge is -2.32. The first-order valence-corrected chi connectivity index (χ1v) is 13.1. The van der Waals surface area contributed by atoms with E-state index < -0.39 is 10.0 Å². The second kappa shape index (κ2) is 11.9. The minimum absolute atomic E-state index is 0.0180. The van der Waals surface area contributed by atoms with Gasteiger partial charge in [0, 0.05) is 57.9 Å². The van der Waals surface area contributed by atoms with Gasteiger partial charge in [0.15, 0.2) is 0 Å². The summed E-state index contributed by atoms with van der Waals surface area (Å²) >= 11 is 0. The summed E-state index contributed by atoms with van der Waals surface area (Å²) in [5.41, 5.74) is 1.06. The number of hydrogen-bond donors (Lipinski definition) is 1. The second-order valence-corrected chi connectivity index (χ2v) is 10.3. The fourth-order valence-electron chi connectivity index (χ4n) is 4.25. The molecule has 1 N–H and O–H groups in total. The van der Waals surface area contributed by atoms with Crippen LogP contribution in [-0.2, 0) is 30.7 Å². The van der Waals surface area contributed by atoms with Crippen molar-refractivity contribution in [2.75, 3.05) is 59.7 Å². The molecule has 184 valence electrons. The second-order valence-electron chi connectivity index (χ2n) is 8.40. The van der Waals surface area contributed by atoms with Gasteiger partial charge in [-0.1, -0.05) is 13.0 Å². The number of carbonyl (C=O) groups is 2. The third-order valence-electron chi connectivity index (χ3n) is 6.26. The third-order valence-corrected chi connectivity index (χ3v) is 8.24. The maximum absolute atomic E-state index is 13.3. The number of hydrogen-bond acceptors (Lipinski definition) is 6. The van der Waals surface area contributed by atoms with Gasteiger partial charge in [-0.05, 0) is 43.4 Å². The summed E-state index contributed by atoms with van der Waals surface area (Å²) in [4.78, 5) is 27.4. The van der Waals surface area contributed by atoms with Crippen LogP contribution in [0.1, 0.15) is 42.1 Å². The highest BCUT2D eigenvalue weighted by Gasteiger charge is 2.31. The van der Waals surface area contributed by atoms with Gasteiger partial charge in [-0.2, -0.15) is 4.31 Å². The van der Waals surface area contributed by atoms with E-state index in [-0.39, 0.29) is 22.6 Å². The molecule has 0 bridgehead atoms. The smallest absolute Gasteiger partial charge is 0.253 e. The van der Waals surface area contributed by atoms with Crippen molar-refractivity contribution >= 4 is 21.8 Å². The molecule has 9 nitrogen and oxygen atoms in total. The number of piperidine rings is 1. The summed E-state index contributed by atoms with van der Waals surface area (Å²) in [7, 11) is -2.07. The van der Waals surface area contributed by atoms with Crippen molar-refractivity contribution in [1.82, 2.24) is 14.5 Å². The van der Waals surface area contributed by atoms with Crippen LogP contribution in [0.4, 0.5) is 0 Å². The maximum atomic E-state index is 13.3. The van der Waals surface area contributed by atoms with Gasteiger partial charge in [-0.3, -0.25) is 9.59 Å². The van der Waals surface area contributed by atoms with E-state index in [1.807, 2.05) is 6.92 Å². The molecule has 2 amide bonds. The normalized spacial score (nSPS) is 18.3. The van der Waals surface area contributed by atoms with Crippen molar-refractivity contribution in [1.29, 1.82) is 0 Å². The molecule has 0 unspecified atom stereocenters. The summed E-state index contributed by atoms with van der Waals surface area (Å²) in [6.45, 7) is 5.38. The predicted molar refractivity (Wildman–Crippen MR) is 124 cm³/mol. The maximum Gasteiger partial charge on any atom is 0.253 e. The number of methoxy groups -OCH3 is 1. The largest absolute Gasteiger partial charge is 0.385 e. The molecule has 33 heavy (non-hydrogen) atoms. The van der Waals surface area contributed by atoms with Gasteiger partial charge in [-0.15, -0.1) is 0 Å². The molecule has 0 spiro atoms. The Kier molecular flexibility index (Phi) is 9.25. The number of sulfonamides is 1. The number of nitrogens with one attached hydrogen (secondary N) is 1. The van der Waals surface area contributed by atoms with Gasteiger partial charge in [-0.25, -0.2) is 8.42 Å². The van der Waals surface area contributed by atoms with Crippen LogP contribution in [0.2, 0.25) is 0 Å². The lowest BCUT2D eigenvalue weighted by atomic mass is 9.95. The van der Waals surface area contributed by atoms with Gasteiger partial charge in [0.1, 0.15) is 0 Å². The van der Waals surface area contributed by atoms with Crippen molar-refractivity contribution in [3.05, 3.63) is 29.3 Å². The molecule has 2 fully saturated rings. The van der Waals surface area contributed by atoms with E-state index in [0.717, 1.165) is 6.42 Å². The zero-order valence-corrected chi connectivity index (χ0v) is 20.4. The van der Waals surface area contributed by atoms with Gasteiger partial charge in [0.05, 0.1) is 18.1 Å². The van der Waals surface area contributed by atoms with Crippen LogP contribution in [0.3, 0.4) is 0 Å². The molecule has 2 saturated heterocycles. The van der Waals surface area contributed by atoms with Crippen molar-refractivity contribution in [3.63, 3.8) is 0 Å².